The van der Waals surface area contributed by atoms with Gasteiger partial charge in [0.05, 0.1) is 31.1 Å². The molecule has 12 heteroatoms. The summed E-state index contributed by atoms with van der Waals surface area (Å²) in [6, 6.07) is 6.30. The summed E-state index contributed by atoms with van der Waals surface area (Å²) in [4.78, 5) is 16.2. The molecule has 0 aliphatic carbocycles. The maximum atomic E-state index is 12.3. The third kappa shape index (κ3) is 4.72. The van der Waals surface area contributed by atoms with Crippen LogP contribution in [0.3, 0.4) is 0 Å². The Kier molecular flexibility index (Phi) is 6.28. The maximum absolute atomic E-state index is 12.3. The number of nitrogens with zero attached hydrogens (tertiary/aromatic N) is 6. The van der Waals surface area contributed by atoms with Crippen molar-refractivity contribution in [1.29, 1.82) is 0 Å². The van der Waals surface area contributed by atoms with E-state index in [4.69, 9.17) is 9.84 Å². The molecule has 2 aromatic heterocycles. The molecule has 3 aliphatic rings. The third-order valence-electron chi connectivity index (χ3n) is 7.82. The van der Waals surface area contributed by atoms with E-state index in [-0.39, 0.29) is 23.6 Å². The van der Waals surface area contributed by atoms with Crippen molar-refractivity contribution in [3.8, 4) is 11.1 Å². The number of carbonyl (C=O) groups is 1. The first-order valence-corrected chi connectivity index (χ1v) is 14.6. The van der Waals surface area contributed by atoms with Gasteiger partial charge >= 0.3 is 0 Å². The van der Waals surface area contributed by atoms with Gasteiger partial charge in [0, 0.05) is 68.8 Å². The van der Waals surface area contributed by atoms with Gasteiger partial charge in [-0.15, -0.1) is 0 Å². The van der Waals surface area contributed by atoms with Gasteiger partial charge in [-0.2, -0.15) is 18.6 Å². The van der Waals surface area contributed by atoms with Crippen molar-refractivity contribution in [1.82, 2.24) is 24.5 Å². The van der Waals surface area contributed by atoms with Crippen molar-refractivity contribution in [2.45, 2.75) is 38.8 Å². The second kappa shape index (κ2) is 9.51. The molecule has 3 aromatic rings. The summed E-state index contributed by atoms with van der Waals surface area (Å²) in [5, 5.41) is 9.38. The molecule has 202 valence electrons. The Morgan fingerprint density at radius 2 is 2.11 bits per heavy atom. The van der Waals surface area contributed by atoms with E-state index in [1.54, 1.807) is 17.8 Å². The number of amides is 1. The van der Waals surface area contributed by atoms with Gasteiger partial charge in [-0.3, -0.25) is 18.7 Å². The summed E-state index contributed by atoms with van der Waals surface area (Å²) >= 11 is 0. The maximum Gasteiger partial charge on any atom is 0.265 e. The van der Waals surface area contributed by atoms with Crippen molar-refractivity contribution in [3.05, 3.63) is 47.4 Å². The zero-order valence-corrected chi connectivity index (χ0v) is 22.4. The molecule has 1 amide bonds. The third-order valence-corrected chi connectivity index (χ3v) is 8.71. The summed E-state index contributed by atoms with van der Waals surface area (Å²) in [7, 11) is -2.31. The van der Waals surface area contributed by atoms with Crippen LogP contribution < -0.4 is 4.90 Å². The summed E-state index contributed by atoms with van der Waals surface area (Å²) in [5.41, 5.74) is 6.00. The van der Waals surface area contributed by atoms with Gasteiger partial charge in [-0.1, -0.05) is 6.07 Å². The summed E-state index contributed by atoms with van der Waals surface area (Å²) in [6.45, 7) is 4.35. The van der Waals surface area contributed by atoms with Gasteiger partial charge in [0.25, 0.3) is 10.1 Å². The molecule has 0 saturated carbocycles. The van der Waals surface area contributed by atoms with Crippen LogP contribution in [0.1, 0.15) is 36.2 Å². The van der Waals surface area contributed by atoms with Crippen LogP contribution in [0.2, 0.25) is 0 Å². The van der Waals surface area contributed by atoms with Gasteiger partial charge in [0.15, 0.2) is 5.82 Å². The molecule has 1 unspecified atom stereocenters. The minimum absolute atomic E-state index is 0.0166. The number of hydrogen-bond acceptors (Lipinski definition) is 7. The van der Waals surface area contributed by atoms with Crippen LogP contribution in [0.15, 0.2) is 30.6 Å². The fourth-order valence-electron chi connectivity index (χ4n) is 6.04. The number of fused-ring (bicyclic) bond motifs is 2. The van der Waals surface area contributed by atoms with Crippen molar-refractivity contribution in [3.63, 3.8) is 0 Å². The van der Waals surface area contributed by atoms with Gasteiger partial charge in [0.1, 0.15) is 0 Å². The highest BCUT2D eigenvalue weighted by molar-refractivity contribution is 7.85. The van der Waals surface area contributed by atoms with E-state index in [0.29, 0.717) is 45.7 Å². The number of aromatic nitrogens is 4. The lowest BCUT2D eigenvalue weighted by atomic mass is 9.91. The smallest absolute Gasteiger partial charge is 0.265 e. The van der Waals surface area contributed by atoms with Gasteiger partial charge in [-0.25, -0.2) is 0 Å². The topological polar surface area (TPSA) is 123 Å². The molecule has 11 nitrogen and oxygen atoms in total. The number of carbonyl (C=O) groups excluding carboxylic acids is 1. The Hall–Kier alpha value is -3.22. The number of hydrogen-bond donors (Lipinski definition) is 1. The van der Waals surface area contributed by atoms with E-state index in [1.807, 2.05) is 24.2 Å². The Labute approximate surface area is 221 Å². The van der Waals surface area contributed by atoms with Crippen LogP contribution in [0, 0.1) is 5.92 Å². The predicted octanol–water partition coefficient (Wildman–Crippen LogP) is 2.35. The number of aryl methyl sites for hydroxylation is 1. The van der Waals surface area contributed by atoms with Gasteiger partial charge < -0.3 is 14.5 Å². The molecule has 5 heterocycles. The van der Waals surface area contributed by atoms with Crippen LogP contribution >= 0.6 is 0 Å². The second-order valence-corrected chi connectivity index (χ2v) is 12.1. The van der Waals surface area contributed by atoms with Crippen LogP contribution in [0.25, 0.3) is 11.1 Å². The van der Waals surface area contributed by atoms with E-state index in [2.05, 4.69) is 26.8 Å². The average molecular weight is 541 g/mol. The van der Waals surface area contributed by atoms with Crippen LogP contribution in [-0.4, -0.2) is 75.4 Å². The Balaban J connectivity index is 1.47. The average Bonchev–Trinajstić information content (AvgIpc) is 3.61. The van der Waals surface area contributed by atoms with E-state index in [1.165, 1.54) is 0 Å². The summed E-state index contributed by atoms with van der Waals surface area (Å²) in [6.07, 6.45) is 5.83. The van der Waals surface area contributed by atoms with Crippen LogP contribution in [0.5, 0.6) is 0 Å². The molecular formula is C26H32N6O5S. The molecule has 1 fully saturated rings. The standard InChI is InChI=1S/C26H32N6O5S/c1-17(33)30-7-5-25-23(14-30)26(28-32(25)22-6-8-37-15-22)31-12-18(16-38(34,35)36)9-20-10-19(3-4-24(20)31)21-11-27-29(2)13-21/h3-4,10-11,13,18,22H,5-9,12,14-16H2,1-2H3,(H,34,35,36)/t18?,22-/m0/s1. The molecular weight excluding hydrogens is 508 g/mol. The lowest BCUT2D eigenvalue weighted by molar-refractivity contribution is -0.129. The SMILES string of the molecule is CC(=O)N1CCc2c(c(N3CC(CS(=O)(=O)O)Cc4cc(-c5cnn(C)c5)ccc43)nn2[C@H]2CCOC2)C1. The highest BCUT2D eigenvalue weighted by atomic mass is 32.2. The van der Waals surface area contributed by atoms with Crippen molar-refractivity contribution >= 4 is 27.5 Å². The number of ether oxygens (including phenoxy) is 1. The van der Waals surface area contributed by atoms with Crippen LogP contribution in [0.4, 0.5) is 11.5 Å². The molecule has 6 rings (SSSR count). The Morgan fingerprint density at radius 1 is 1.26 bits per heavy atom. The largest absolute Gasteiger partial charge is 0.379 e. The fourth-order valence-corrected chi connectivity index (χ4v) is 6.85. The number of anilines is 2. The molecule has 0 spiro atoms. The zero-order valence-electron chi connectivity index (χ0n) is 21.6. The number of benzene rings is 1. The molecule has 0 bridgehead atoms. The Morgan fingerprint density at radius 3 is 2.79 bits per heavy atom. The minimum Gasteiger partial charge on any atom is -0.379 e. The minimum atomic E-state index is -4.17. The molecule has 1 aromatic carbocycles. The second-order valence-electron chi connectivity index (χ2n) is 10.6. The first kappa shape index (κ1) is 25.1. The van der Waals surface area contributed by atoms with Crippen molar-refractivity contribution in [2.24, 2.45) is 13.0 Å². The molecule has 38 heavy (non-hydrogen) atoms. The molecule has 3 aliphatic heterocycles. The predicted molar refractivity (Wildman–Crippen MR) is 141 cm³/mol. The highest BCUT2D eigenvalue weighted by Gasteiger charge is 2.36. The molecule has 1 N–H and O–H groups in total. The monoisotopic (exact) mass is 540 g/mol. The molecule has 0 radical (unpaired) electrons. The Bertz CT molecular complexity index is 1490. The normalized spacial score (nSPS) is 21.4. The van der Waals surface area contributed by atoms with E-state index >= 15 is 0 Å². The summed E-state index contributed by atoms with van der Waals surface area (Å²) < 4.78 is 43.0. The zero-order chi connectivity index (χ0) is 26.6. The molecule has 2 atom stereocenters. The van der Waals surface area contributed by atoms with E-state index in [9.17, 15) is 17.8 Å². The van der Waals surface area contributed by atoms with Crippen LogP contribution in [-0.2, 0) is 46.1 Å². The number of rotatable bonds is 5. The van der Waals surface area contributed by atoms with E-state index in [0.717, 1.165) is 45.9 Å². The van der Waals surface area contributed by atoms with E-state index < -0.39 is 10.1 Å². The van der Waals surface area contributed by atoms with Crippen molar-refractivity contribution < 1.29 is 22.5 Å². The summed E-state index contributed by atoms with van der Waals surface area (Å²) in [5.74, 6) is 0.0971. The highest BCUT2D eigenvalue weighted by Crippen LogP contribution is 2.41. The fraction of sp³-hybridized carbons (Fsp3) is 0.500. The quantitative estimate of drug-likeness (QED) is 0.490. The van der Waals surface area contributed by atoms with Crippen molar-refractivity contribution in [2.75, 3.05) is 37.0 Å². The van der Waals surface area contributed by atoms with Gasteiger partial charge in [0.2, 0.25) is 5.91 Å². The lowest BCUT2D eigenvalue weighted by Gasteiger charge is -2.36. The first-order chi connectivity index (χ1) is 18.2. The first-order valence-electron chi connectivity index (χ1n) is 12.9. The lowest BCUT2D eigenvalue weighted by Crippen LogP contribution is -2.38. The van der Waals surface area contributed by atoms with Gasteiger partial charge in [-0.05, 0) is 42.0 Å². The molecule has 1 saturated heterocycles.